The summed E-state index contributed by atoms with van der Waals surface area (Å²) >= 11 is 0. The zero-order chi connectivity index (χ0) is 30.0. The van der Waals surface area contributed by atoms with Gasteiger partial charge in [-0.05, 0) is 66.8 Å². The first-order chi connectivity index (χ1) is 20.7. The van der Waals surface area contributed by atoms with Gasteiger partial charge < -0.3 is 19.5 Å². The molecule has 3 aliphatic heterocycles. The van der Waals surface area contributed by atoms with Gasteiger partial charge in [-0.15, -0.1) is 0 Å². The van der Waals surface area contributed by atoms with Crippen LogP contribution in [-0.2, 0) is 6.42 Å². The fourth-order valence-electron chi connectivity index (χ4n) is 7.24. The standard InChI is InChI=1S/C32H34F3N5O3/c1-4-19-15-42-30-25-28(26(35)27(36-30)22-12-20(41)11-17-7-8-23(34)21(5-2)24(17)22)37-31(38-29(25)39(19)3)43-16-32-9-6-10-40(32)14-18(33)13-32/h7-8,11-12,18-19,41H,4-6,9-10,13-16H2,1-3H3/t18-,19+,32+/m1/s1. The Kier molecular flexibility index (Phi) is 6.76. The first-order valence-electron chi connectivity index (χ1n) is 15.0. The molecule has 2 fully saturated rings. The summed E-state index contributed by atoms with van der Waals surface area (Å²) in [6, 6.07) is 5.71. The van der Waals surface area contributed by atoms with Gasteiger partial charge in [-0.2, -0.15) is 9.97 Å². The molecule has 0 bridgehead atoms. The number of anilines is 1. The SMILES string of the molecule is CCc1c(F)ccc2cc(O)cc(-c3nc4c5c(nc(OC[C@@]67CCCN6C[C@H](F)C7)nc5c3F)N(C)[C@@H](CC)CO4)c12. The van der Waals surface area contributed by atoms with E-state index in [1.807, 2.05) is 25.8 Å². The number of phenols is 1. The Hall–Kier alpha value is -3.86. The molecule has 0 aliphatic carbocycles. The molecule has 226 valence electrons. The number of pyridine rings is 1. The number of alkyl halides is 1. The number of aryl methyl sites for hydroxylation is 1. The highest BCUT2D eigenvalue weighted by Gasteiger charge is 2.49. The summed E-state index contributed by atoms with van der Waals surface area (Å²) in [5.74, 6) is -0.714. The largest absolute Gasteiger partial charge is 0.508 e. The van der Waals surface area contributed by atoms with Crippen molar-refractivity contribution in [2.45, 2.75) is 63.7 Å². The highest BCUT2D eigenvalue weighted by Crippen LogP contribution is 2.44. The van der Waals surface area contributed by atoms with Crippen LogP contribution in [0, 0.1) is 11.6 Å². The average molecular weight is 594 g/mol. The van der Waals surface area contributed by atoms with Crippen LogP contribution in [-0.4, -0.2) is 76.1 Å². The van der Waals surface area contributed by atoms with E-state index in [1.54, 1.807) is 6.07 Å². The zero-order valence-electron chi connectivity index (χ0n) is 24.5. The maximum absolute atomic E-state index is 16.8. The summed E-state index contributed by atoms with van der Waals surface area (Å²) in [4.78, 5) is 17.9. The highest BCUT2D eigenvalue weighted by atomic mass is 19.1. The van der Waals surface area contributed by atoms with Gasteiger partial charge in [-0.25, -0.2) is 18.2 Å². The van der Waals surface area contributed by atoms with Gasteiger partial charge in [0.05, 0.1) is 11.6 Å². The van der Waals surface area contributed by atoms with Gasteiger partial charge in [0.15, 0.2) is 5.82 Å². The van der Waals surface area contributed by atoms with Crippen LogP contribution in [0.1, 0.15) is 45.1 Å². The van der Waals surface area contributed by atoms with E-state index in [2.05, 4.69) is 14.9 Å². The average Bonchev–Trinajstić information content (AvgIpc) is 3.48. The predicted octanol–water partition coefficient (Wildman–Crippen LogP) is 5.95. The minimum atomic E-state index is -0.914. The lowest BCUT2D eigenvalue weighted by molar-refractivity contribution is 0.107. The molecule has 2 saturated heterocycles. The van der Waals surface area contributed by atoms with Crippen molar-refractivity contribution in [1.82, 2.24) is 19.9 Å². The first kappa shape index (κ1) is 27.9. The Bertz CT molecular complexity index is 1750. The Balaban J connectivity index is 1.43. The molecule has 8 nitrogen and oxygen atoms in total. The van der Waals surface area contributed by atoms with E-state index in [9.17, 15) is 13.9 Å². The normalized spacial score (nSPS) is 23.5. The van der Waals surface area contributed by atoms with E-state index in [1.165, 1.54) is 18.2 Å². The lowest BCUT2D eigenvalue weighted by atomic mass is 9.94. The molecule has 1 N–H and O–H groups in total. The number of hydrogen-bond donors (Lipinski definition) is 1. The summed E-state index contributed by atoms with van der Waals surface area (Å²) < 4.78 is 58.5. The molecule has 7 rings (SSSR count). The van der Waals surface area contributed by atoms with Gasteiger partial charge in [0, 0.05) is 25.6 Å². The Morgan fingerprint density at radius 2 is 1.98 bits per heavy atom. The van der Waals surface area contributed by atoms with Crippen LogP contribution in [0.15, 0.2) is 24.3 Å². The monoisotopic (exact) mass is 593 g/mol. The Labute approximate surface area is 247 Å². The predicted molar refractivity (Wildman–Crippen MR) is 158 cm³/mol. The maximum Gasteiger partial charge on any atom is 0.319 e. The molecule has 2 aromatic heterocycles. The van der Waals surface area contributed by atoms with E-state index < -0.39 is 23.3 Å². The van der Waals surface area contributed by atoms with Crippen molar-refractivity contribution in [2.24, 2.45) is 0 Å². The van der Waals surface area contributed by atoms with Crippen LogP contribution in [0.3, 0.4) is 0 Å². The number of hydrogen-bond acceptors (Lipinski definition) is 8. The van der Waals surface area contributed by atoms with Crippen LogP contribution < -0.4 is 14.4 Å². The van der Waals surface area contributed by atoms with E-state index >= 15 is 4.39 Å². The molecule has 0 amide bonds. The smallest absolute Gasteiger partial charge is 0.319 e. The van der Waals surface area contributed by atoms with Gasteiger partial charge in [0.1, 0.15) is 53.4 Å². The van der Waals surface area contributed by atoms with Gasteiger partial charge in [0.25, 0.3) is 0 Å². The second-order valence-electron chi connectivity index (χ2n) is 12.0. The van der Waals surface area contributed by atoms with Crippen LogP contribution in [0.2, 0.25) is 0 Å². The number of fused-ring (bicyclic) bond motifs is 2. The van der Waals surface area contributed by atoms with Gasteiger partial charge >= 0.3 is 6.01 Å². The van der Waals surface area contributed by atoms with Gasteiger partial charge in [-0.3, -0.25) is 4.90 Å². The number of aromatic hydroxyl groups is 1. The lowest BCUT2D eigenvalue weighted by Gasteiger charge is -2.31. The molecule has 43 heavy (non-hydrogen) atoms. The Morgan fingerprint density at radius 1 is 1.14 bits per heavy atom. The van der Waals surface area contributed by atoms with Crippen molar-refractivity contribution in [3.63, 3.8) is 0 Å². The van der Waals surface area contributed by atoms with Crippen LogP contribution in [0.4, 0.5) is 19.0 Å². The number of halogens is 3. The second-order valence-corrected chi connectivity index (χ2v) is 12.0. The fraction of sp³-hybridized carbons (Fsp3) is 0.469. The number of likely N-dealkylation sites (N-methyl/N-ethyl adjacent to an activating group) is 1. The van der Waals surface area contributed by atoms with Crippen molar-refractivity contribution < 1.29 is 27.8 Å². The minimum Gasteiger partial charge on any atom is -0.508 e. The molecule has 0 unspecified atom stereocenters. The summed E-state index contributed by atoms with van der Waals surface area (Å²) in [5, 5.41) is 11.9. The van der Waals surface area contributed by atoms with Crippen molar-refractivity contribution >= 4 is 27.5 Å². The molecule has 0 spiro atoms. The molecule has 0 saturated carbocycles. The molecule has 11 heteroatoms. The van der Waals surface area contributed by atoms with Crippen molar-refractivity contribution in [2.75, 3.05) is 38.3 Å². The van der Waals surface area contributed by atoms with Crippen molar-refractivity contribution in [1.29, 1.82) is 0 Å². The molecule has 4 aromatic rings. The summed E-state index contributed by atoms with van der Waals surface area (Å²) in [7, 11) is 1.87. The minimum absolute atomic E-state index is 0.0160. The molecular formula is C32H34F3N5O3. The third-order valence-electron chi connectivity index (χ3n) is 9.47. The Morgan fingerprint density at radius 3 is 2.77 bits per heavy atom. The zero-order valence-corrected chi connectivity index (χ0v) is 24.5. The molecule has 2 aromatic carbocycles. The van der Waals surface area contributed by atoms with Gasteiger partial charge in [-0.1, -0.05) is 19.9 Å². The maximum atomic E-state index is 16.8. The topological polar surface area (TPSA) is 83.8 Å². The summed E-state index contributed by atoms with van der Waals surface area (Å²) in [6.07, 6.45) is 2.32. The number of aromatic nitrogens is 3. The van der Waals surface area contributed by atoms with Crippen LogP contribution in [0.5, 0.6) is 17.6 Å². The molecule has 5 heterocycles. The van der Waals surface area contributed by atoms with E-state index in [0.29, 0.717) is 46.9 Å². The third-order valence-corrected chi connectivity index (χ3v) is 9.47. The fourth-order valence-corrected chi connectivity index (χ4v) is 7.24. The van der Waals surface area contributed by atoms with E-state index in [0.717, 1.165) is 25.8 Å². The van der Waals surface area contributed by atoms with Crippen molar-refractivity contribution in [3.05, 3.63) is 41.5 Å². The number of nitrogens with zero attached hydrogens (tertiary/aromatic N) is 5. The molecule has 0 radical (unpaired) electrons. The molecular weight excluding hydrogens is 559 g/mol. The molecule has 3 aliphatic rings. The lowest BCUT2D eigenvalue weighted by Crippen LogP contribution is -2.43. The van der Waals surface area contributed by atoms with E-state index in [-0.39, 0.29) is 53.7 Å². The molecule has 3 atom stereocenters. The van der Waals surface area contributed by atoms with Crippen LogP contribution in [0.25, 0.3) is 32.9 Å². The summed E-state index contributed by atoms with van der Waals surface area (Å²) in [5.41, 5.74) is 0.0277. The summed E-state index contributed by atoms with van der Waals surface area (Å²) in [6.45, 7) is 5.52. The van der Waals surface area contributed by atoms with Crippen molar-refractivity contribution in [3.8, 4) is 28.9 Å². The number of phenolic OH excluding ortho intramolecular Hbond substituents is 1. The highest BCUT2D eigenvalue weighted by molar-refractivity contribution is 6.03. The number of benzene rings is 2. The van der Waals surface area contributed by atoms with Gasteiger partial charge in [0.2, 0.25) is 5.88 Å². The first-order valence-corrected chi connectivity index (χ1v) is 15.0. The van der Waals surface area contributed by atoms with E-state index in [4.69, 9.17) is 14.5 Å². The quantitative estimate of drug-likeness (QED) is 0.294. The number of rotatable bonds is 6. The third kappa shape index (κ3) is 4.42. The second kappa shape index (κ2) is 10.4. The van der Waals surface area contributed by atoms with Crippen LogP contribution >= 0.6 is 0 Å². The number of ether oxygens (including phenoxy) is 2.